The summed E-state index contributed by atoms with van der Waals surface area (Å²) in [6.07, 6.45) is 4.39. The van der Waals surface area contributed by atoms with Crippen LogP contribution < -0.4 is 9.64 Å². The fraction of sp³-hybridized carbons (Fsp3) is 0.524. The summed E-state index contributed by atoms with van der Waals surface area (Å²) in [6.45, 7) is 2.75. The van der Waals surface area contributed by atoms with Crippen LogP contribution in [-0.4, -0.2) is 32.5 Å². The average molecular weight is 546 g/mol. The average Bonchev–Trinajstić information content (AvgIpc) is 3.12. The number of nitrogens with zero attached hydrogens (tertiary/aromatic N) is 1. The van der Waals surface area contributed by atoms with Crippen molar-refractivity contribution in [3.8, 4) is 5.75 Å². The van der Waals surface area contributed by atoms with Gasteiger partial charge in [0, 0.05) is 0 Å². The molecule has 0 radical (unpaired) electrons. The quantitative estimate of drug-likeness (QED) is 0.220. The van der Waals surface area contributed by atoms with E-state index in [4.69, 9.17) is 74.3 Å². The first-order valence-electron chi connectivity index (χ1n) is 9.97. The van der Waals surface area contributed by atoms with Crippen molar-refractivity contribution in [2.24, 2.45) is 11.8 Å². The zero-order chi connectivity index (χ0) is 22.8. The van der Waals surface area contributed by atoms with Crippen molar-refractivity contribution in [1.82, 2.24) is 0 Å². The minimum Gasteiger partial charge on any atom is -0.494 e. The van der Waals surface area contributed by atoms with E-state index in [-0.39, 0.29) is 10.1 Å². The topological polar surface area (TPSA) is 46.6 Å². The standard InChI is InChI=1S/C21H19Cl6NO3/c1-2-3-4-5-10-31-12-8-6-11(7-9-12)28-17(29)13-14(18(28)30)20(25)16(23)15(22)19(13,24)21(20,26)27/h6-9,13-14H,2-5,10H2,1H3/t13-,14-,19-,20-/m0/s1. The van der Waals surface area contributed by atoms with Gasteiger partial charge >= 0.3 is 0 Å². The molecule has 1 saturated heterocycles. The fourth-order valence-electron chi connectivity index (χ4n) is 4.66. The number of halogens is 6. The second-order valence-corrected chi connectivity index (χ2v) is 11.3. The molecule has 1 aliphatic heterocycles. The summed E-state index contributed by atoms with van der Waals surface area (Å²) >= 11 is 39.0. The van der Waals surface area contributed by atoms with Crippen LogP contribution in [0.3, 0.4) is 0 Å². The monoisotopic (exact) mass is 543 g/mol. The summed E-state index contributed by atoms with van der Waals surface area (Å²) in [5, 5.41) is -0.209. The van der Waals surface area contributed by atoms with Gasteiger partial charge in [-0.2, -0.15) is 0 Å². The lowest BCUT2D eigenvalue weighted by molar-refractivity contribution is -0.123. The Morgan fingerprint density at radius 2 is 1.39 bits per heavy atom. The Hall–Kier alpha value is -0.360. The molecule has 0 unspecified atom stereocenters. The molecule has 2 bridgehead atoms. The maximum atomic E-state index is 13.3. The number of alkyl halides is 4. The van der Waals surface area contributed by atoms with Gasteiger partial charge in [0.05, 0.1) is 34.2 Å². The second-order valence-electron chi connectivity index (χ2n) is 8.00. The molecular weight excluding hydrogens is 527 g/mol. The van der Waals surface area contributed by atoms with Gasteiger partial charge in [0.15, 0.2) is 4.33 Å². The van der Waals surface area contributed by atoms with Crippen molar-refractivity contribution in [1.29, 1.82) is 0 Å². The Morgan fingerprint density at radius 3 is 1.87 bits per heavy atom. The number of amides is 2. The molecule has 2 fully saturated rings. The number of unbranched alkanes of at least 4 members (excludes halogenated alkanes) is 3. The molecule has 4 rings (SSSR count). The van der Waals surface area contributed by atoms with Crippen molar-refractivity contribution in [2.45, 2.75) is 46.7 Å². The number of carbonyl (C=O) groups is 2. The van der Waals surface area contributed by atoms with Crippen molar-refractivity contribution < 1.29 is 14.3 Å². The molecule has 4 nitrogen and oxygen atoms in total. The summed E-state index contributed by atoms with van der Waals surface area (Å²) in [6, 6.07) is 6.67. The van der Waals surface area contributed by atoms with E-state index >= 15 is 0 Å². The SMILES string of the molecule is CCCCCCOc1ccc(N2C(=O)[C@@H]3[C@@H](C2=O)[C@]2(Cl)C(Cl)=C(Cl)[C@]3(Cl)C2(Cl)Cl)cc1. The molecular formula is C21H19Cl6NO3. The highest BCUT2D eigenvalue weighted by molar-refractivity contribution is 6.67. The highest BCUT2D eigenvalue weighted by Crippen LogP contribution is 2.77. The summed E-state index contributed by atoms with van der Waals surface area (Å²) in [5.74, 6) is -2.78. The molecule has 31 heavy (non-hydrogen) atoms. The van der Waals surface area contributed by atoms with Crippen LogP contribution in [0.4, 0.5) is 5.69 Å². The first-order chi connectivity index (χ1) is 14.5. The van der Waals surface area contributed by atoms with Crippen LogP contribution in [0.1, 0.15) is 32.6 Å². The smallest absolute Gasteiger partial charge is 0.240 e. The number of imide groups is 1. The van der Waals surface area contributed by atoms with Crippen LogP contribution in [0.25, 0.3) is 0 Å². The Balaban J connectivity index is 1.58. The third-order valence-corrected chi connectivity index (χ3v) is 10.5. The fourth-order valence-corrected chi connectivity index (χ4v) is 7.59. The molecule has 2 aliphatic carbocycles. The largest absolute Gasteiger partial charge is 0.494 e. The van der Waals surface area contributed by atoms with Crippen molar-refractivity contribution >= 4 is 87.1 Å². The van der Waals surface area contributed by atoms with Crippen LogP contribution in [-0.2, 0) is 9.59 Å². The minimum absolute atomic E-state index is 0.105. The van der Waals surface area contributed by atoms with E-state index < -0.39 is 37.7 Å². The molecule has 1 aromatic carbocycles. The van der Waals surface area contributed by atoms with Gasteiger partial charge in [0.1, 0.15) is 15.5 Å². The molecule has 0 aromatic heterocycles. The first kappa shape index (κ1) is 23.8. The van der Waals surface area contributed by atoms with E-state index in [1.807, 2.05) is 0 Å². The second kappa shape index (κ2) is 8.14. The minimum atomic E-state index is -1.93. The predicted octanol–water partition coefficient (Wildman–Crippen LogP) is 6.60. The molecule has 0 spiro atoms. The van der Waals surface area contributed by atoms with Gasteiger partial charge < -0.3 is 4.74 Å². The number of ether oxygens (including phenoxy) is 1. The Bertz CT molecular complexity index is 918. The molecule has 1 heterocycles. The summed E-state index contributed by atoms with van der Waals surface area (Å²) in [4.78, 5) is 24.1. The normalized spacial score (nSPS) is 33.5. The van der Waals surface area contributed by atoms with E-state index in [9.17, 15) is 9.59 Å². The van der Waals surface area contributed by atoms with Crippen LogP contribution in [0.15, 0.2) is 34.3 Å². The zero-order valence-corrected chi connectivity index (χ0v) is 21.0. The molecule has 10 heteroatoms. The van der Waals surface area contributed by atoms with Crippen LogP contribution in [0.5, 0.6) is 5.75 Å². The van der Waals surface area contributed by atoms with E-state index in [0.717, 1.165) is 24.2 Å². The summed E-state index contributed by atoms with van der Waals surface area (Å²) < 4.78 is 3.79. The lowest BCUT2D eigenvalue weighted by Gasteiger charge is -2.34. The number of fused-ring (bicyclic) bond motifs is 5. The Kier molecular flexibility index (Phi) is 6.25. The zero-order valence-electron chi connectivity index (χ0n) is 16.4. The number of benzene rings is 1. The molecule has 2 amide bonds. The van der Waals surface area contributed by atoms with E-state index in [1.165, 1.54) is 6.42 Å². The predicted molar refractivity (Wildman–Crippen MR) is 126 cm³/mol. The maximum absolute atomic E-state index is 13.3. The summed E-state index contributed by atoms with van der Waals surface area (Å²) in [5.41, 5.74) is 0.365. The van der Waals surface area contributed by atoms with Crippen molar-refractivity contribution in [2.75, 3.05) is 11.5 Å². The molecule has 3 aliphatic rings. The maximum Gasteiger partial charge on any atom is 0.240 e. The first-order valence-corrected chi connectivity index (χ1v) is 12.2. The highest BCUT2D eigenvalue weighted by atomic mass is 35.5. The Morgan fingerprint density at radius 1 is 0.871 bits per heavy atom. The Labute approximate surface area is 210 Å². The number of carbonyl (C=O) groups excluding carboxylic acids is 2. The third-order valence-electron chi connectivity index (χ3n) is 6.27. The molecule has 168 valence electrons. The van der Waals surface area contributed by atoms with Gasteiger partial charge in [-0.15, -0.1) is 23.2 Å². The van der Waals surface area contributed by atoms with Gasteiger partial charge in [0.25, 0.3) is 0 Å². The molecule has 0 N–H and O–H groups in total. The van der Waals surface area contributed by atoms with Gasteiger partial charge in [0.2, 0.25) is 11.8 Å². The molecule has 1 saturated carbocycles. The third kappa shape index (κ3) is 3.02. The van der Waals surface area contributed by atoms with E-state index in [1.54, 1.807) is 24.3 Å². The van der Waals surface area contributed by atoms with Crippen LogP contribution >= 0.6 is 69.6 Å². The molecule has 1 aromatic rings. The van der Waals surface area contributed by atoms with Gasteiger partial charge in [-0.05, 0) is 30.7 Å². The lowest BCUT2D eigenvalue weighted by atomic mass is 9.84. The highest BCUT2D eigenvalue weighted by Gasteiger charge is 2.87. The number of hydrogen-bond donors (Lipinski definition) is 0. The number of rotatable bonds is 7. The summed E-state index contributed by atoms with van der Waals surface area (Å²) in [7, 11) is 0. The van der Waals surface area contributed by atoms with Crippen molar-refractivity contribution in [3.05, 3.63) is 34.3 Å². The lowest BCUT2D eigenvalue weighted by Crippen LogP contribution is -2.50. The van der Waals surface area contributed by atoms with Crippen LogP contribution in [0, 0.1) is 11.8 Å². The van der Waals surface area contributed by atoms with Crippen LogP contribution in [0.2, 0.25) is 0 Å². The number of anilines is 1. The van der Waals surface area contributed by atoms with Crippen molar-refractivity contribution in [3.63, 3.8) is 0 Å². The van der Waals surface area contributed by atoms with E-state index in [0.29, 0.717) is 18.0 Å². The number of hydrogen-bond acceptors (Lipinski definition) is 3. The molecule has 4 atom stereocenters. The van der Waals surface area contributed by atoms with Gasteiger partial charge in [-0.3, -0.25) is 9.59 Å². The van der Waals surface area contributed by atoms with Gasteiger partial charge in [-0.1, -0.05) is 72.6 Å². The van der Waals surface area contributed by atoms with E-state index in [2.05, 4.69) is 6.92 Å². The number of allylic oxidation sites excluding steroid dienone is 2. The van der Waals surface area contributed by atoms with Gasteiger partial charge in [-0.25, -0.2) is 4.90 Å².